The minimum Gasteiger partial charge on any atom is -0.471 e. The van der Waals surface area contributed by atoms with Crippen LogP contribution in [-0.2, 0) is 16.1 Å². The molecular weight excluding hydrogens is 564 g/mol. The van der Waals surface area contributed by atoms with Crippen molar-refractivity contribution < 1.29 is 36.4 Å². The Bertz CT molecular complexity index is 1420. The van der Waals surface area contributed by atoms with E-state index in [1.165, 1.54) is 38.4 Å². The van der Waals surface area contributed by atoms with Gasteiger partial charge in [-0.2, -0.15) is 23.0 Å². The van der Waals surface area contributed by atoms with E-state index in [1.54, 1.807) is 19.1 Å². The topological polar surface area (TPSA) is 97.4 Å². The molecule has 210 valence electrons. The molecule has 0 aliphatic carbocycles. The summed E-state index contributed by atoms with van der Waals surface area (Å²) in [6.07, 6.45) is -3.16. The monoisotopic (exact) mass is 588 g/mol. The summed E-state index contributed by atoms with van der Waals surface area (Å²) in [5, 5.41) is 6.64. The van der Waals surface area contributed by atoms with Crippen LogP contribution in [0.4, 0.5) is 23.4 Å². The first kappa shape index (κ1) is 28.8. The van der Waals surface area contributed by atoms with Gasteiger partial charge in [-0.05, 0) is 25.5 Å². The fourth-order valence-electron chi connectivity index (χ4n) is 4.38. The second-order valence-corrected chi connectivity index (χ2v) is 12.1. The van der Waals surface area contributed by atoms with E-state index in [0.29, 0.717) is 24.4 Å². The van der Waals surface area contributed by atoms with E-state index in [-0.39, 0.29) is 12.1 Å². The maximum atomic E-state index is 16.0. The predicted molar refractivity (Wildman–Crippen MR) is 135 cm³/mol. The lowest BCUT2D eigenvalue weighted by Gasteiger charge is -2.39. The molecule has 14 heteroatoms. The van der Waals surface area contributed by atoms with Gasteiger partial charge in [0.15, 0.2) is 11.6 Å². The largest absolute Gasteiger partial charge is 0.471 e. The number of nitrogens with zero attached hydrogens (tertiary/aromatic N) is 3. The summed E-state index contributed by atoms with van der Waals surface area (Å²) in [6, 6.07) is 3.26. The smallest absolute Gasteiger partial charge is 0.393 e. The van der Waals surface area contributed by atoms with Crippen LogP contribution in [0.5, 0.6) is 0 Å². The molecule has 39 heavy (non-hydrogen) atoms. The standard InChI is InChI=1S/C25H25ClF4N4O4S/c1-12-10-38-11-14(12)21(35)34-20(31-9-13-5-6-16(26)39-13)18(27)19(32-34)17-15(25(28,29)30)7-8-33(22(17)36)23(37)24(2,3)4/h5-6,10-11,15,17,31H,7-9H2,1-4H3. The summed E-state index contributed by atoms with van der Waals surface area (Å²) in [5.41, 5.74) is -1.57. The van der Waals surface area contributed by atoms with Gasteiger partial charge in [0, 0.05) is 22.4 Å². The number of aromatic nitrogens is 2. The van der Waals surface area contributed by atoms with Gasteiger partial charge in [-0.25, -0.2) is 4.39 Å². The maximum Gasteiger partial charge on any atom is 0.393 e. The van der Waals surface area contributed by atoms with E-state index >= 15 is 4.39 Å². The van der Waals surface area contributed by atoms with Crippen molar-refractivity contribution in [3.8, 4) is 0 Å². The minimum atomic E-state index is -4.90. The van der Waals surface area contributed by atoms with Gasteiger partial charge >= 0.3 is 6.18 Å². The van der Waals surface area contributed by atoms with E-state index in [9.17, 15) is 27.6 Å². The molecular formula is C25H25ClF4N4O4S. The highest BCUT2D eigenvalue weighted by molar-refractivity contribution is 7.16. The highest BCUT2D eigenvalue weighted by atomic mass is 35.5. The number of piperidine rings is 1. The number of halogens is 5. The molecule has 8 nitrogen and oxygen atoms in total. The maximum absolute atomic E-state index is 16.0. The lowest BCUT2D eigenvalue weighted by molar-refractivity contribution is -0.197. The summed E-state index contributed by atoms with van der Waals surface area (Å²) >= 11 is 7.13. The number of anilines is 1. The SMILES string of the molecule is Cc1cocc1C(=O)n1nc(C2C(=O)N(C(=O)C(C)(C)C)CCC2C(F)(F)F)c(F)c1NCc1ccc(Cl)s1. The Hall–Kier alpha value is -3.19. The van der Waals surface area contributed by atoms with Crippen LogP contribution >= 0.6 is 22.9 Å². The molecule has 1 aliphatic rings. The lowest BCUT2D eigenvalue weighted by Crippen LogP contribution is -2.53. The number of hydrogen-bond acceptors (Lipinski definition) is 7. The first-order valence-corrected chi connectivity index (χ1v) is 13.1. The zero-order chi connectivity index (χ0) is 28.9. The van der Waals surface area contributed by atoms with E-state index < -0.39 is 71.4 Å². The summed E-state index contributed by atoms with van der Waals surface area (Å²) < 4.78 is 64.5. The second-order valence-electron chi connectivity index (χ2n) is 10.3. The van der Waals surface area contributed by atoms with Crippen LogP contribution in [0.2, 0.25) is 4.34 Å². The van der Waals surface area contributed by atoms with Crippen molar-refractivity contribution in [2.24, 2.45) is 11.3 Å². The molecule has 0 spiro atoms. The summed E-state index contributed by atoms with van der Waals surface area (Å²) in [4.78, 5) is 41.0. The quantitative estimate of drug-likeness (QED) is 0.367. The van der Waals surface area contributed by atoms with Crippen molar-refractivity contribution in [2.45, 2.75) is 52.8 Å². The Balaban J connectivity index is 1.83. The van der Waals surface area contributed by atoms with Gasteiger partial charge in [0.05, 0.1) is 34.5 Å². The average molecular weight is 589 g/mol. The third-order valence-corrected chi connectivity index (χ3v) is 7.62. The van der Waals surface area contributed by atoms with Gasteiger partial charge in [0.2, 0.25) is 11.8 Å². The molecule has 3 aromatic rings. The molecule has 2 unspecified atom stereocenters. The molecule has 1 saturated heterocycles. The fourth-order valence-corrected chi connectivity index (χ4v) is 5.40. The van der Waals surface area contributed by atoms with Gasteiger partial charge in [0.1, 0.15) is 12.0 Å². The highest BCUT2D eigenvalue weighted by Gasteiger charge is 2.55. The highest BCUT2D eigenvalue weighted by Crippen LogP contribution is 2.45. The van der Waals surface area contributed by atoms with Crippen molar-refractivity contribution in [3.05, 3.63) is 56.5 Å². The van der Waals surface area contributed by atoms with Crippen LogP contribution in [-0.4, -0.2) is 45.1 Å². The van der Waals surface area contributed by atoms with Crippen LogP contribution in [0.3, 0.4) is 0 Å². The third-order valence-electron chi connectivity index (χ3n) is 6.39. The Labute approximate surface area is 229 Å². The van der Waals surface area contributed by atoms with Crippen LogP contribution in [0, 0.1) is 24.1 Å². The number of hydrogen-bond donors (Lipinski definition) is 1. The number of carbonyl (C=O) groups excluding carboxylic acids is 3. The number of imide groups is 1. The number of furan rings is 1. The van der Waals surface area contributed by atoms with Gasteiger partial charge in [-0.3, -0.25) is 19.3 Å². The molecule has 4 rings (SSSR count). The van der Waals surface area contributed by atoms with E-state index in [0.717, 1.165) is 6.26 Å². The Morgan fingerprint density at radius 1 is 1.23 bits per heavy atom. The minimum absolute atomic E-state index is 0.00172. The number of amides is 2. The molecule has 0 radical (unpaired) electrons. The Morgan fingerprint density at radius 2 is 1.92 bits per heavy atom. The van der Waals surface area contributed by atoms with E-state index in [4.69, 9.17) is 16.0 Å². The Morgan fingerprint density at radius 3 is 2.46 bits per heavy atom. The van der Waals surface area contributed by atoms with Crippen LogP contribution in [0.15, 0.2) is 29.1 Å². The molecule has 1 aliphatic heterocycles. The van der Waals surface area contributed by atoms with E-state index in [1.807, 2.05) is 0 Å². The van der Waals surface area contributed by atoms with E-state index in [2.05, 4.69) is 10.4 Å². The molecule has 3 aromatic heterocycles. The second kappa shape index (κ2) is 10.4. The molecule has 2 atom stereocenters. The number of carbonyl (C=O) groups is 3. The van der Waals surface area contributed by atoms with Gasteiger partial charge in [-0.15, -0.1) is 11.3 Å². The predicted octanol–water partition coefficient (Wildman–Crippen LogP) is 6.01. The lowest BCUT2D eigenvalue weighted by atomic mass is 9.80. The molecule has 1 fully saturated rings. The first-order valence-electron chi connectivity index (χ1n) is 11.9. The Kier molecular flexibility index (Phi) is 7.69. The van der Waals surface area contributed by atoms with Gasteiger partial charge in [0.25, 0.3) is 5.91 Å². The van der Waals surface area contributed by atoms with Crippen molar-refractivity contribution in [2.75, 3.05) is 11.9 Å². The van der Waals surface area contributed by atoms with Crippen LogP contribution in [0.25, 0.3) is 0 Å². The zero-order valence-electron chi connectivity index (χ0n) is 21.4. The number of nitrogens with one attached hydrogen (secondary N) is 1. The number of thiophene rings is 1. The zero-order valence-corrected chi connectivity index (χ0v) is 22.9. The number of rotatable bonds is 5. The number of likely N-dealkylation sites (tertiary alicyclic amines) is 1. The first-order chi connectivity index (χ1) is 18.1. The molecule has 1 N–H and O–H groups in total. The summed E-state index contributed by atoms with van der Waals surface area (Å²) in [5.74, 6) is -9.14. The van der Waals surface area contributed by atoms with Crippen molar-refractivity contribution >= 4 is 46.5 Å². The summed E-state index contributed by atoms with van der Waals surface area (Å²) in [7, 11) is 0. The number of aryl methyl sites for hydroxylation is 1. The molecule has 4 heterocycles. The third kappa shape index (κ3) is 5.60. The molecule has 2 amide bonds. The normalized spacial score (nSPS) is 18.5. The van der Waals surface area contributed by atoms with Crippen molar-refractivity contribution in [3.63, 3.8) is 0 Å². The van der Waals surface area contributed by atoms with Gasteiger partial charge < -0.3 is 9.73 Å². The molecule has 0 aromatic carbocycles. The van der Waals surface area contributed by atoms with Crippen molar-refractivity contribution in [1.29, 1.82) is 0 Å². The molecule has 0 bridgehead atoms. The fraction of sp³-hybridized carbons (Fsp3) is 0.440. The van der Waals surface area contributed by atoms with Crippen LogP contribution in [0.1, 0.15) is 59.6 Å². The van der Waals surface area contributed by atoms with Gasteiger partial charge in [-0.1, -0.05) is 32.4 Å². The van der Waals surface area contributed by atoms with Crippen molar-refractivity contribution in [1.82, 2.24) is 14.7 Å². The average Bonchev–Trinajstić information content (AvgIpc) is 3.54. The summed E-state index contributed by atoms with van der Waals surface area (Å²) in [6.45, 7) is 5.61. The van der Waals surface area contributed by atoms with Crippen LogP contribution < -0.4 is 5.32 Å². The molecule has 0 saturated carbocycles. The number of alkyl halides is 3.